The maximum absolute atomic E-state index is 12.8. The lowest BCUT2D eigenvalue weighted by Crippen LogP contribution is -2.25. The molecule has 0 radical (unpaired) electrons. The standard InChI is InChI=1S/C18H24N4O4S/c1-25-14-7-8-15(26-2)16(13-14)27(23,24)21-17-9-10-18(20-19-17)22-11-5-3-4-6-12-22/h7-10,13H,3-6,11-12H2,1-2H3,(H,19,21). The molecule has 0 aliphatic carbocycles. The lowest BCUT2D eigenvalue weighted by atomic mass is 10.2. The van der Waals surface area contributed by atoms with Crippen LogP contribution in [0.4, 0.5) is 11.6 Å². The Hall–Kier alpha value is -2.55. The van der Waals surface area contributed by atoms with Crippen molar-refractivity contribution in [2.24, 2.45) is 0 Å². The van der Waals surface area contributed by atoms with E-state index in [1.54, 1.807) is 24.3 Å². The lowest BCUT2D eigenvalue weighted by Gasteiger charge is -2.20. The summed E-state index contributed by atoms with van der Waals surface area (Å²) in [6.45, 7) is 1.89. The number of anilines is 2. The summed E-state index contributed by atoms with van der Waals surface area (Å²) in [5.74, 6) is 1.55. The molecule has 0 unspecified atom stereocenters. The number of hydrogen-bond acceptors (Lipinski definition) is 7. The van der Waals surface area contributed by atoms with E-state index in [0.29, 0.717) is 5.75 Å². The SMILES string of the molecule is COc1ccc(OC)c(S(=O)(=O)Nc2ccc(N3CCCCCC3)nn2)c1. The molecule has 2 heterocycles. The van der Waals surface area contributed by atoms with Gasteiger partial charge in [-0.25, -0.2) is 8.42 Å². The van der Waals surface area contributed by atoms with Crippen LogP contribution in [0.2, 0.25) is 0 Å². The van der Waals surface area contributed by atoms with Crippen molar-refractivity contribution in [3.8, 4) is 11.5 Å². The number of benzene rings is 1. The summed E-state index contributed by atoms with van der Waals surface area (Å²) in [4.78, 5) is 2.16. The number of ether oxygens (including phenoxy) is 2. The van der Waals surface area contributed by atoms with Gasteiger partial charge in [0.2, 0.25) is 0 Å². The van der Waals surface area contributed by atoms with Gasteiger partial charge in [-0.2, -0.15) is 0 Å². The van der Waals surface area contributed by atoms with Gasteiger partial charge < -0.3 is 14.4 Å². The van der Waals surface area contributed by atoms with E-state index < -0.39 is 10.0 Å². The largest absolute Gasteiger partial charge is 0.497 e. The summed E-state index contributed by atoms with van der Waals surface area (Å²) in [5.41, 5.74) is 0. The van der Waals surface area contributed by atoms with E-state index in [9.17, 15) is 8.42 Å². The third kappa shape index (κ3) is 4.60. The second-order valence-corrected chi connectivity index (χ2v) is 7.95. The summed E-state index contributed by atoms with van der Waals surface area (Å²) < 4.78 is 38.2. The fraction of sp³-hybridized carbons (Fsp3) is 0.444. The van der Waals surface area contributed by atoms with Gasteiger partial charge in [0.15, 0.2) is 11.6 Å². The van der Waals surface area contributed by atoms with Crippen molar-refractivity contribution >= 4 is 21.7 Å². The van der Waals surface area contributed by atoms with E-state index in [1.807, 2.05) is 0 Å². The first kappa shape index (κ1) is 19.2. The highest BCUT2D eigenvalue weighted by Gasteiger charge is 2.22. The van der Waals surface area contributed by atoms with Gasteiger partial charge in [-0.05, 0) is 37.1 Å². The van der Waals surface area contributed by atoms with Crippen molar-refractivity contribution in [2.45, 2.75) is 30.6 Å². The predicted molar refractivity (Wildman–Crippen MR) is 103 cm³/mol. The fourth-order valence-electron chi connectivity index (χ4n) is 3.03. The van der Waals surface area contributed by atoms with Crippen LogP contribution in [0.5, 0.6) is 11.5 Å². The van der Waals surface area contributed by atoms with Gasteiger partial charge >= 0.3 is 0 Å². The smallest absolute Gasteiger partial charge is 0.266 e. The van der Waals surface area contributed by atoms with Gasteiger partial charge in [0.25, 0.3) is 10.0 Å². The molecule has 1 aliphatic rings. The van der Waals surface area contributed by atoms with Crippen molar-refractivity contribution in [3.63, 3.8) is 0 Å². The van der Waals surface area contributed by atoms with Gasteiger partial charge in [-0.1, -0.05) is 12.8 Å². The highest BCUT2D eigenvalue weighted by atomic mass is 32.2. The Balaban J connectivity index is 1.80. The summed E-state index contributed by atoms with van der Waals surface area (Å²) in [6, 6.07) is 7.99. The quantitative estimate of drug-likeness (QED) is 0.808. The third-order valence-electron chi connectivity index (χ3n) is 4.48. The average molecular weight is 392 g/mol. The van der Waals surface area contributed by atoms with Gasteiger partial charge in [0.1, 0.15) is 16.4 Å². The van der Waals surface area contributed by atoms with Crippen LogP contribution in [-0.2, 0) is 10.0 Å². The third-order valence-corrected chi connectivity index (χ3v) is 5.86. The number of nitrogens with zero attached hydrogens (tertiary/aromatic N) is 3. The zero-order valence-electron chi connectivity index (χ0n) is 15.5. The summed E-state index contributed by atoms with van der Waals surface area (Å²) >= 11 is 0. The molecule has 1 N–H and O–H groups in total. The first-order valence-electron chi connectivity index (χ1n) is 8.87. The molecule has 1 aromatic carbocycles. The first-order chi connectivity index (χ1) is 13.0. The van der Waals surface area contributed by atoms with Crippen LogP contribution in [0.3, 0.4) is 0 Å². The maximum Gasteiger partial charge on any atom is 0.266 e. The molecule has 0 bridgehead atoms. The van der Waals surface area contributed by atoms with E-state index in [0.717, 1.165) is 31.7 Å². The molecule has 1 aliphatic heterocycles. The minimum Gasteiger partial charge on any atom is -0.497 e. The molecule has 9 heteroatoms. The van der Waals surface area contributed by atoms with Crippen LogP contribution in [0.15, 0.2) is 35.2 Å². The van der Waals surface area contributed by atoms with Crippen LogP contribution in [-0.4, -0.2) is 45.9 Å². The Kier molecular flexibility index (Phi) is 6.00. The van der Waals surface area contributed by atoms with E-state index in [1.165, 1.54) is 33.1 Å². The van der Waals surface area contributed by atoms with Crippen LogP contribution in [0.25, 0.3) is 0 Å². The molecule has 0 spiro atoms. The molecule has 146 valence electrons. The van der Waals surface area contributed by atoms with Gasteiger partial charge in [0, 0.05) is 19.2 Å². The Labute approximate surface area is 159 Å². The molecule has 0 amide bonds. The predicted octanol–water partition coefficient (Wildman–Crippen LogP) is 2.68. The van der Waals surface area contributed by atoms with Gasteiger partial charge in [0.05, 0.1) is 14.2 Å². The van der Waals surface area contributed by atoms with Crippen LogP contribution in [0, 0.1) is 0 Å². The van der Waals surface area contributed by atoms with Crippen molar-refractivity contribution in [2.75, 3.05) is 36.9 Å². The zero-order chi connectivity index (χ0) is 19.3. The first-order valence-corrected chi connectivity index (χ1v) is 10.4. The molecule has 8 nitrogen and oxygen atoms in total. The van der Waals surface area contributed by atoms with E-state index >= 15 is 0 Å². The van der Waals surface area contributed by atoms with E-state index in [-0.39, 0.29) is 16.5 Å². The Morgan fingerprint density at radius 3 is 2.30 bits per heavy atom. The number of nitrogens with one attached hydrogen (secondary N) is 1. The molecular weight excluding hydrogens is 368 g/mol. The van der Waals surface area contributed by atoms with Crippen molar-refractivity contribution < 1.29 is 17.9 Å². The van der Waals surface area contributed by atoms with Crippen LogP contribution >= 0.6 is 0 Å². The molecule has 1 saturated heterocycles. The molecule has 0 atom stereocenters. The number of sulfonamides is 1. The van der Waals surface area contributed by atoms with Crippen molar-refractivity contribution in [1.82, 2.24) is 10.2 Å². The molecule has 0 saturated carbocycles. The summed E-state index contributed by atoms with van der Waals surface area (Å²) in [6.07, 6.45) is 4.71. The second kappa shape index (κ2) is 8.43. The Morgan fingerprint density at radius 2 is 1.70 bits per heavy atom. The van der Waals surface area contributed by atoms with Crippen molar-refractivity contribution in [3.05, 3.63) is 30.3 Å². The van der Waals surface area contributed by atoms with Crippen molar-refractivity contribution in [1.29, 1.82) is 0 Å². The number of rotatable bonds is 6. The average Bonchev–Trinajstić information content (AvgIpc) is 2.97. The molecule has 3 rings (SSSR count). The van der Waals surface area contributed by atoms with Crippen LogP contribution in [0.1, 0.15) is 25.7 Å². The minimum absolute atomic E-state index is 0.0252. The second-order valence-electron chi connectivity index (χ2n) is 6.30. The van der Waals surface area contributed by atoms with E-state index in [4.69, 9.17) is 9.47 Å². The highest BCUT2D eigenvalue weighted by Crippen LogP contribution is 2.29. The zero-order valence-corrected chi connectivity index (χ0v) is 16.3. The summed E-state index contributed by atoms with van der Waals surface area (Å²) in [7, 11) is -1.02. The molecule has 27 heavy (non-hydrogen) atoms. The van der Waals surface area contributed by atoms with E-state index in [2.05, 4.69) is 19.8 Å². The number of methoxy groups -OCH3 is 2. The van der Waals surface area contributed by atoms with Gasteiger partial charge in [-0.15, -0.1) is 10.2 Å². The highest BCUT2D eigenvalue weighted by molar-refractivity contribution is 7.92. The Bertz CT molecular complexity index is 863. The number of aromatic nitrogens is 2. The fourth-order valence-corrected chi connectivity index (χ4v) is 4.22. The molecule has 1 fully saturated rings. The normalized spacial score (nSPS) is 15.1. The molecule has 2 aromatic rings. The molecular formula is C18H24N4O4S. The summed E-state index contributed by atoms with van der Waals surface area (Å²) in [5, 5.41) is 8.23. The van der Waals surface area contributed by atoms with Gasteiger partial charge in [-0.3, -0.25) is 4.72 Å². The Morgan fingerprint density at radius 1 is 0.963 bits per heavy atom. The lowest BCUT2D eigenvalue weighted by molar-refractivity contribution is 0.392. The maximum atomic E-state index is 12.8. The topological polar surface area (TPSA) is 93.6 Å². The van der Waals surface area contributed by atoms with Crippen LogP contribution < -0.4 is 19.1 Å². The minimum atomic E-state index is -3.90. The molecule has 1 aromatic heterocycles. The number of hydrogen-bond donors (Lipinski definition) is 1. The monoisotopic (exact) mass is 392 g/mol.